The molecule has 0 aromatic heterocycles. The molecular weight excluding hydrogens is 308 g/mol. The minimum atomic E-state index is -0.845. The number of rotatable bonds is 3. The average molecular weight is 332 g/mol. The number of carboxylic acids is 1. The molecule has 2 N–H and O–H groups in total. The van der Waals surface area contributed by atoms with E-state index in [4.69, 9.17) is 5.11 Å². The number of carbonyl (C=O) groups excluding carboxylic acids is 1. The maximum Gasteiger partial charge on any atom is 0.317 e. The van der Waals surface area contributed by atoms with Gasteiger partial charge in [-0.2, -0.15) is 0 Å². The first-order chi connectivity index (χ1) is 11.4. The van der Waals surface area contributed by atoms with Crippen molar-refractivity contribution in [3.8, 4) is 0 Å². The van der Waals surface area contributed by atoms with Crippen LogP contribution < -0.4 is 0 Å². The largest absolute Gasteiger partial charge is 0.480 e. The number of carboxylic acid groups (broad SMARTS) is 1. The summed E-state index contributed by atoms with van der Waals surface area (Å²) in [5.41, 5.74) is 0.382. The molecule has 3 rings (SSSR count). The number of benzene rings is 1. The zero-order chi connectivity index (χ0) is 17.3. The van der Waals surface area contributed by atoms with Gasteiger partial charge in [-0.25, -0.2) is 0 Å². The minimum Gasteiger partial charge on any atom is -0.480 e. The smallest absolute Gasteiger partial charge is 0.317 e. The predicted molar refractivity (Wildman–Crippen MR) is 88.3 cm³/mol. The number of aliphatic hydroxyl groups is 1. The normalized spacial score (nSPS) is 27.4. The molecule has 1 spiro atoms. The van der Waals surface area contributed by atoms with Crippen LogP contribution in [0.15, 0.2) is 30.3 Å². The van der Waals surface area contributed by atoms with E-state index in [1.54, 1.807) is 11.9 Å². The first-order valence-corrected chi connectivity index (χ1v) is 8.37. The van der Waals surface area contributed by atoms with Gasteiger partial charge in [-0.3, -0.25) is 14.5 Å². The second-order valence-corrected chi connectivity index (χ2v) is 6.99. The molecule has 2 aliphatic rings. The van der Waals surface area contributed by atoms with Crippen molar-refractivity contribution in [3.63, 3.8) is 0 Å². The van der Waals surface area contributed by atoms with Gasteiger partial charge in [0.25, 0.3) is 0 Å². The van der Waals surface area contributed by atoms with E-state index in [9.17, 15) is 14.7 Å². The molecule has 130 valence electrons. The fraction of sp³-hybridized carbons (Fsp3) is 0.556. The Hall–Kier alpha value is -1.92. The van der Waals surface area contributed by atoms with Crippen molar-refractivity contribution in [3.05, 3.63) is 35.9 Å². The molecule has 0 bridgehead atoms. The second kappa shape index (κ2) is 6.53. The molecule has 1 aromatic rings. The van der Waals surface area contributed by atoms with Crippen molar-refractivity contribution in [1.29, 1.82) is 0 Å². The first kappa shape index (κ1) is 16.9. The van der Waals surface area contributed by atoms with Gasteiger partial charge < -0.3 is 15.1 Å². The maximum absolute atomic E-state index is 13.0. The van der Waals surface area contributed by atoms with Gasteiger partial charge in [0, 0.05) is 7.05 Å². The van der Waals surface area contributed by atoms with E-state index in [0.29, 0.717) is 32.4 Å². The first-order valence-electron chi connectivity index (χ1n) is 8.37. The molecule has 1 amide bonds. The molecule has 2 saturated heterocycles. The summed E-state index contributed by atoms with van der Waals surface area (Å²) in [7, 11) is 1.76. The van der Waals surface area contributed by atoms with E-state index in [2.05, 4.69) is 0 Å². The quantitative estimate of drug-likeness (QED) is 0.867. The fourth-order valence-corrected chi connectivity index (χ4v) is 4.20. The highest BCUT2D eigenvalue weighted by Crippen LogP contribution is 2.46. The average Bonchev–Trinajstić information content (AvgIpc) is 2.56. The van der Waals surface area contributed by atoms with Crippen molar-refractivity contribution in [2.45, 2.75) is 31.4 Å². The zero-order valence-electron chi connectivity index (χ0n) is 13.9. The highest BCUT2D eigenvalue weighted by atomic mass is 16.4. The van der Waals surface area contributed by atoms with Gasteiger partial charge in [-0.1, -0.05) is 30.3 Å². The summed E-state index contributed by atoms with van der Waals surface area (Å²) in [5, 5.41) is 19.6. The molecule has 6 heteroatoms. The molecular formula is C18H24N2O4. The van der Waals surface area contributed by atoms with Gasteiger partial charge in [-0.05, 0) is 37.9 Å². The number of piperidine rings is 2. The molecule has 0 saturated carbocycles. The molecule has 0 aliphatic carbocycles. The molecule has 2 atom stereocenters. The minimum absolute atomic E-state index is 0.00923. The highest BCUT2D eigenvalue weighted by molar-refractivity contribution is 5.84. The molecule has 0 radical (unpaired) electrons. The molecule has 2 heterocycles. The van der Waals surface area contributed by atoms with Gasteiger partial charge >= 0.3 is 5.97 Å². The summed E-state index contributed by atoms with van der Waals surface area (Å²) < 4.78 is 0. The van der Waals surface area contributed by atoms with Crippen molar-refractivity contribution < 1.29 is 19.8 Å². The molecule has 24 heavy (non-hydrogen) atoms. The number of likely N-dealkylation sites (N-methyl/N-ethyl adjacent to an activating group) is 1. The van der Waals surface area contributed by atoms with E-state index < -0.39 is 17.5 Å². The van der Waals surface area contributed by atoms with Crippen molar-refractivity contribution in [1.82, 2.24) is 9.80 Å². The van der Waals surface area contributed by atoms with Crippen LogP contribution in [0.5, 0.6) is 0 Å². The lowest BCUT2D eigenvalue weighted by atomic mass is 9.68. The fourth-order valence-electron chi connectivity index (χ4n) is 4.20. The lowest BCUT2D eigenvalue weighted by Gasteiger charge is -2.50. The topological polar surface area (TPSA) is 81.1 Å². The molecule has 6 nitrogen and oxygen atoms in total. The van der Waals surface area contributed by atoms with E-state index in [1.165, 1.54) is 0 Å². The van der Waals surface area contributed by atoms with Crippen LogP contribution >= 0.6 is 0 Å². The van der Waals surface area contributed by atoms with E-state index >= 15 is 0 Å². The van der Waals surface area contributed by atoms with E-state index in [1.807, 2.05) is 35.2 Å². The summed E-state index contributed by atoms with van der Waals surface area (Å²) in [4.78, 5) is 27.4. The number of hydrogen-bond acceptors (Lipinski definition) is 4. The number of carbonyl (C=O) groups is 2. The second-order valence-electron chi connectivity index (χ2n) is 6.99. The van der Waals surface area contributed by atoms with Crippen LogP contribution in [0.3, 0.4) is 0 Å². The van der Waals surface area contributed by atoms with Crippen LogP contribution in [0, 0.1) is 5.41 Å². The van der Waals surface area contributed by atoms with Gasteiger partial charge in [0.15, 0.2) is 0 Å². The van der Waals surface area contributed by atoms with Crippen LogP contribution in [0.25, 0.3) is 0 Å². The Morgan fingerprint density at radius 1 is 1.25 bits per heavy atom. The Kier molecular flexibility index (Phi) is 4.60. The summed E-state index contributed by atoms with van der Waals surface area (Å²) in [6.45, 7) is 1.17. The Balaban J connectivity index is 1.75. The van der Waals surface area contributed by atoms with E-state index in [0.717, 1.165) is 5.56 Å². The highest BCUT2D eigenvalue weighted by Gasteiger charge is 2.51. The van der Waals surface area contributed by atoms with Gasteiger partial charge in [0.2, 0.25) is 5.91 Å². The third-order valence-corrected chi connectivity index (χ3v) is 5.47. The monoisotopic (exact) mass is 332 g/mol. The number of nitrogens with zero attached hydrogens (tertiary/aromatic N) is 2. The number of amides is 1. The molecule has 1 aromatic carbocycles. The Labute approximate surface area is 141 Å². The molecule has 0 unspecified atom stereocenters. The van der Waals surface area contributed by atoms with Gasteiger partial charge in [0.05, 0.1) is 24.1 Å². The Morgan fingerprint density at radius 2 is 1.88 bits per heavy atom. The number of aliphatic hydroxyl groups excluding tert-OH is 1. The Morgan fingerprint density at radius 3 is 2.46 bits per heavy atom. The SMILES string of the molecule is CN1C(=O)C2(CCN(CC(=O)O)CC2)C[C@@H](O)[C@@H]1c1ccccc1. The number of aliphatic carboxylic acids is 1. The van der Waals surface area contributed by atoms with Crippen LogP contribution in [0.2, 0.25) is 0 Å². The van der Waals surface area contributed by atoms with Crippen LogP contribution in [0.4, 0.5) is 0 Å². The lowest BCUT2D eigenvalue weighted by Crippen LogP contribution is -2.57. The van der Waals surface area contributed by atoms with Crippen molar-refractivity contribution in [2.75, 3.05) is 26.7 Å². The third-order valence-electron chi connectivity index (χ3n) is 5.47. The predicted octanol–water partition coefficient (Wildman–Crippen LogP) is 1.12. The number of likely N-dealkylation sites (tertiary alicyclic amines) is 2. The van der Waals surface area contributed by atoms with Crippen molar-refractivity contribution in [2.24, 2.45) is 5.41 Å². The van der Waals surface area contributed by atoms with Crippen LogP contribution in [-0.4, -0.2) is 64.7 Å². The molecule has 2 aliphatic heterocycles. The summed E-state index contributed by atoms with van der Waals surface area (Å²) in [6, 6.07) is 9.29. The lowest BCUT2D eigenvalue weighted by molar-refractivity contribution is -0.162. The Bertz CT molecular complexity index is 611. The maximum atomic E-state index is 13.0. The van der Waals surface area contributed by atoms with Gasteiger partial charge in [0.1, 0.15) is 0 Å². The molecule has 2 fully saturated rings. The third kappa shape index (κ3) is 3.03. The summed E-state index contributed by atoms with van der Waals surface area (Å²) in [5.74, 6) is -0.779. The van der Waals surface area contributed by atoms with Crippen LogP contribution in [-0.2, 0) is 9.59 Å². The van der Waals surface area contributed by atoms with E-state index in [-0.39, 0.29) is 18.5 Å². The van der Waals surface area contributed by atoms with Gasteiger partial charge in [-0.15, -0.1) is 0 Å². The zero-order valence-corrected chi connectivity index (χ0v) is 13.9. The van der Waals surface area contributed by atoms with Crippen molar-refractivity contribution >= 4 is 11.9 Å². The standard InChI is InChI=1S/C18H24N2O4/c1-19-16(13-5-3-2-4-6-13)14(21)11-18(17(19)24)7-9-20(10-8-18)12-15(22)23/h2-6,14,16,21H,7-12H2,1H3,(H,22,23)/t14-,16+/m1/s1. The van der Waals surface area contributed by atoms with Crippen LogP contribution in [0.1, 0.15) is 30.9 Å². The number of hydrogen-bond donors (Lipinski definition) is 2. The summed E-state index contributed by atoms with van der Waals surface area (Å²) >= 11 is 0. The summed E-state index contributed by atoms with van der Waals surface area (Å²) in [6.07, 6.45) is 1.03.